The highest BCUT2D eigenvalue weighted by Gasteiger charge is 2.39. The summed E-state index contributed by atoms with van der Waals surface area (Å²) in [7, 11) is 1.67. The first-order valence-electron chi connectivity index (χ1n) is 10.7. The lowest BCUT2D eigenvalue weighted by Crippen LogP contribution is -2.43. The molecule has 2 amide bonds. The number of hydrogen-bond acceptors (Lipinski definition) is 5. The molecule has 2 saturated heterocycles. The van der Waals surface area contributed by atoms with Gasteiger partial charge in [-0.1, -0.05) is 12.1 Å². The van der Waals surface area contributed by atoms with Gasteiger partial charge in [0.25, 0.3) is 5.91 Å². The highest BCUT2D eigenvalue weighted by molar-refractivity contribution is 6.22. The quantitative estimate of drug-likeness (QED) is 0.691. The van der Waals surface area contributed by atoms with Crippen LogP contribution in [0.15, 0.2) is 48.5 Å². The Morgan fingerprint density at radius 3 is 2.35 bits per heavy atom. The Labute approximate surface area is 182 Å². The first-order valence-corrected chi connectivity index (χ1v) is 10.7. The SMILES string of the molecule is COc1ccc(CN2CCC(CN[C@H]3CC(=O)N(c4ccc(F)cc4)C3=O)CC2)cc1. The minimum Gasteiger partial charge on any atom is -0.497 e. The normalized spacial score (nSPS) is 20.5. The van der Waals surface area contributed by atoms with Gasteiger partial charge in [0.2, 0.25) is 5.91 Å². The number of likely N-dealkylation sites (tertiary alicyclic amines) is 1. The van der Waals surface area contributed by atoms with Crippen LogP contribution < -0.4 is 15.0 Å². The van der Waals surface area contributed by atoms with Gasteiger partial charge in [0, 0.05) is 6.54 Å². The second-order valence-corrected chi connectivity index (χ2v) is 8.28. The Balaban J connectivity index is 1.23. The van der Waals surface area contributed by atoms with E-state index >= 15 is 0 Å². The van der Waals surface area contributed by atoms with E-state index in [2.05, 4.69) is 22.3 Å². The zero-order chi connectivity index (χ0) is 21.8. The van der Waals surface area contributed by atoms with Crippen molar-refractivity contribution in [2.45, 2.75) is 31.8 Å². The first kappa shape index (κ1) is 21.5. The third-order valence-corrected chi connectivity index (χ3v) is 6.16. The zero-order valence-corrected chi connectivity index (χ0v) is 17.7. The molecule has 164 valence electrons. The van der Waals surface area contributed by atoms with Crippen LogP contribution in [0.4, 0.5) is 10.1 Å². The van der Waals surface area contributed by atoms with Crippen LogP contribution >= 0.6 is 0 Å². The number of carbonyl (C=O) groups excluding carboxylic acids is 2. The van der Waals surface area contributed by atoms with E-state index in [1.165, 1.54) is 29.8 Å². The monoisotopic (exact) mass is 425 g/mol. The number of rotatable bonds is 7. The molecule has 0 spiro atoms. The maximum absolute atomic E-state index is 13.1. The van der Waals surface area contributed by atoms with Crippen LogP contribution in [0, 0.1) is 11.7 Å². The van der Waals surface area contributed by atoms with E-state index in [9.17, 15) is 14.0 Å². The van der Waals surface area contributed by atoms with Crippen LogP contribution in [0.25, 0.3) is 0 Å². The molecule has 2 aliphatic heterocycles. The molecule has 0 radical (unpaired) electrons. The molecule has 1 atom stereocenters. The van der Waals surface area contributed by atoms with Gasteiger partial charge in [-0.05, 0) is 80.4 Å². The average Bonchev–Trinajstić information content (AvgIpc) is 3.07. The third kappa shape index (κ3) is 5.11. The maximum Gasteiger partial charge on any atom is 0.251 e. The molecule has 0 aromatic heterocycles. The van der Waals surface area contributed by atoms with Crippen molar-refractivity contribution >= 4 is 17.5 Å². The summed E-state index contributed by atoms with van der Waals surface area (Å²) in [5, 5.41) is 3.30. The molecule has 4 rings (SSSR count). The molecular weight excluding hydrogens is 397 g/mol. The van der Waals surface area contributed by atoms with E-state index < -0.39 is 11.9 Å². The van der Waals surface area contributed by atoms with Crippen LogP contribution in [-0.2, 0) is 16.1 Å². The second-order valence-electron chi connectivity index (χ2n) is 8.28. The molecule has 0 unspecified atom stereocenters. The van der Waals surface area contributed by atoms with E-state index in [4.69, 9.17) is 4.74 Å². The average molecular weight is 426 g/mol. The summed E-state index contributed by atoms with van der Waals surface area (Å²) in [4.78, 5) is 28.7. The summed E-state index contributed by atoms with van der Waals surface area (Å²) in [6.45, 7) is 3.67. The molecule has 1 N–H and O–H groups in total. The minimum absolute atomic E-state index is 0.145. The van der Waals surface area contributed by atoms with Gasteiger partial charge in [-0.3, -0.25) is 14.5 Å². The van der Waals surface area contributed by atoms with Crippen molar-refractivity contribution in [2.75, 3.05) is 31.6 Å². The largest absolute Gasteiger partial charge is 0.497 e. The van der Waals surface area contributed by atoms with Gasteiger partial charge in [-0.15, -0.1) is 0 Å². The molecule has 0 bridgehead atoms. The first-order chi connectivity index (χ1) is 15.0. The van der Waals surface area contributed by atoms with Crippen LogP contribution in [0.5, 0.6) is 5.75 Å². The molecule has 6 nitrogen and oxygen atoms in total. The summed E-state index contributed by atoms with van der Waals surface area (Å²) in [5.74, 6) is 0.453. The topological polar surface area (TPSA) is 61.9 Å². The molecule has 7 heteroatoms. The highest BCUT2D eigenvalue weighted by atomic mass is 19.1. The van der Waals surface area contributed by atoms with E-state index in [1.54, 1.807) is 7.11 Å². The fourth-order valence-corrected chi connectivity index (χ4v) is 4.30. The molecule has 2 heterocycles. The number of nitrogens with one attached hydrogen (secondary N) is 1. The van der Waals surface area contributed by atoms with Crippen LogP contribution in [0.3, 0.4) is 0 Å². The number of hydrogen-bond donors (Lipinski definition) is 1. The van der Waals surface area contributed by atoms with E-state index in [1.807, 2.05) is 12.1 Å². The lowest BCUT2D eigenvalue weighted by molar-refractivity contribution is -0.121. The van der Waals surface area contributed by atoms with Crippen molar-refractivity contribution in [3.05, 3.63) is 59.9 Å². The third-order valence-electron chi connectivity index (χ3n) is 6.16. The standard InChI is InChI=1S/C24H28FN3O3/c1-31-21-8-2-18(3-9-21)16-27-12-10-17(11-13-27)15-26-22-14-23(29)28(24(22)30)20-6-4-19(25)5-7-20/h2-9,17,22,26H,10-16H2,1H3/t22-/m0/s1. The van der Waals surface area contributed by atoms with Crippen molar-refractivity contribution in [3.8, 4) is 5.75 Å². The number of imide groups is 1. The van der Waals surface area contributed by atoms with Gasteiger partial charge in [-0.2, -0.15) is 0 Å². The predicted octanol–water partition coefficient (Wildman–Crippen LogP) is 2.97. The van der Waals surface area contributed by atoms with Crippen LogP contribution in [0.1, 0.15) is 24.8 Å². The summed E-state index contributed by atoms with van der Waals surface area (Å²) < 4.78 is 18.4. The number of benzene rings is 2. The number of ether oxygens (including phenoxy) is 1. The lowest BCUT2D eigenvalue weighted by Gasteiger charge is -2.32. The second kappa shape index (κ2) is 9.58. The molecule has 0 saturated carbocycles. The van der Waals surface area contributed by atoms with Crippen molar-refractivity contribution in [1.29, 1.82) is 0 Å². The number of carbonyl (C=O) groups is 2. The van der Waals surface area contributed by atoms with Gasteiger partial charge < -0.3 is 10.1 Å². The van der Waals surface area contributed by atoms with Gasteiger partial charge in [0.15, 0.2) is 0 Å². The molecule has 2 aromatic rings. The molecule has 0 aliphatic carbocycles. The number of anilines is 1. The molecule has 2 fully saturated rings. The van der Waals surface area contributed by atoms with Crippen molar-refractivity contribution in [3.63, 3.8) is 0 Å². The lowest BCUT2D eigenvalue weighted by atomic mass is 9.96. The predicted molar refractivity (Wildman–Crippen MR) is 116 cm³/mol. The van der Waals surface area contributed by atoms with E-state index in [-0.39, 0.29) is 18.2 Å². The number of methoxy groups -OCH3 is 1. The molecule has 2 aromatic carbocycles. The smallest absolute Gasteiger partial charge is 0.251 e. The molecular formula is C24H28FN3O3. The summed E-state index contributed by atoms with van der Waals surface area (Å²) in [5.41, 5.74) is 1.70. The summed E-state index contributed by atoms with van der Waals surface area (Å²) in [6.07, 6.45) is 2.26. The number of nitrogens with zero attached hydrogens (tertiary/aromatic N) is 2. The number of halogens is 1. The van der Waals surface area contributed by atoms with E-state index in [0.717, 1.165) is 49.7 Å². The Morgan fingerprint density at radius 2 is 1.71 bits per heavy atom. The summed E-state index contributed by atoms with van der Waals surface area (Å²) >= 11 is 0. The van der Waals surface area contributed by atoms with Crippen molar-refractivity contribution in [2.24, 2.45) is 5.92 Å². The zero-order valence-electron chi connectivity index (χ0n) is 17.7. The fourth-order valence-electron chi connectivity index (χ4n) is 4.30. The molecule has 2 aliphatic rings. The summed E-state index contributed by atoms with van der Waals surface area (Å²) in [6, 6.07) is 13.1. The van der Waals surface area contributed by atoms with E-state index in [0.29, 0.717) is 11.6 Å². The number of amides is 2. The molecule has 31 heavy (non-hydrogen) atoms. The van der Waals surface area contributed by atoms with Gasteiger partial charge >= 0.3 is 0 Å². The number of piperidine rings is 1. The van der Waals surface area contributed by atoms with Crippen molar-refractivity contribution < 1.29 is 18.7 Å². The Bertz CT molecular complexity index is 909. The Kier molecular flexibility index (Phi) is 6.63. The van der Waals surface area contributed by atoms with Crippen LogP contribution in [-0.4, -0.2) is 49.5 Å². The van der Waals surface area contributed by atoms with Gasteiger partial charge in [0.1, 0.15) is 11.6 Å². The Hall–Kier alpha value is -2.77. The Morgan fingerprint density at radius 1 is 1.03 bits per heavy atom. The maximum atomic E-state index is 13.1. The van der Waals surface area contributed by atoms with Crippen LogP contribution in [0.2, 0.25) is 0 Å². The fraction of sp³-hybridized carbons (Fsp3) is 0.417. The highest BCUT2D eigenvalue weighted by Crippen LogP contribution is 2.24. The van der Waals surface area contributed by atoms with Crippen molar-refractivity contribution in [1.82, 2.24) is 10.2 Å². The van der Waals surface area contributed by atoms with Gasteiger partial charge in [0.05, 0.1) is 25.3 Å². The van der Waals surface area contributed by atoms with Gasteiger partial charge in [-0.25, -0.2) is 9.29 Å². The minimum atomic E-state index is -0.505.